The Morgan fingerprint density at radius 2 is 1.86 bits per heavy atom. The number of rotatable bonds is 6. The summed E-state index contributed by atoms with van der Waals surface area (Å²) in [6.45, 7) is 2.47. The van der Waals surface area contributed by atoms with Crippen LogP contribution in [-0.2, 0) is 22.1 Å². The highest BCUT2D eigenvalue weighted by atomic mass is 32.2. The van der Waals surface area contributed by atoms with E-state index in [1.807, 2.05) is 12.1 Å². The lowest BCUT2D eigenvalue weighted by molar-refractivity contribution is 0.455. The normalized spacial score (nSPS) is 15.3. The van der Waals surface area contributed by atoms with Crippen LogP contribution in [0.1, 0.15) is 29.9 Å². The molecule has 1 N–H and O–H groups in total. The molecule has 0 unspecified atom stereocenters. The Kier molecular flexibility index (Phi) is 3.87. The summed E-state index contributed by atoms with van der Waals surface area (Å²) >= 11 is 0. The molecule has 1 heterocycles. The largest absolute Gasteiger partial charge is 0.464 e. The van der Waals surface area contributed by atoms with Gasteiger partial charge < -0.3 is 9.73 Å². The fraction of sp³-hybridized carbons (Fsp3) is 0.375. The van der Waals surface area contributed by atoms with E-state index in [4.69, 9.17) is 4.42 Å². The number of aryl methyl sites for hydroxylation is 1. The quantitative estimate of drug-likeness (QED) is 0.891. The number of sulfone groups is 1. The Labute approximate surface area is 125 Å². The molecule has 1 fully saturated rings. The van der Waals surface area contributed by atoms with Gasteiger partial charge in [-0.1, -0.05) is 18.2 Å². The average Bonchev–Trinajstić information content (AvgIpc) is 3.17. The van der Waals surface area contributed by atoms with E-state index in [9.17, 15) is 8.42 Å². The molecule has 3 rings (SSSR count). The van der Waals surface area contributed by atoms with E-state index in [-0.39, 0.29) is 5.75 Å². The van der Waals surface area contributed by atoms with Gasteiger partial charge >= 0.3 is 0 Å². The van der Waals surface area contributed by atoms with Gasteiger partial charge in [-0.3, -0.25) is 0 Å². The van der Waals surface area contributed by atoms with Crippen LogP contribution < -0.4 is 5.32 Å². The van der Waals surface area contributed by atoms with Gasteiger partial charge in [-0.15, -0.1) is 0 Å². The van der Waals surface area contributed by atoms with Crippen molar-refractivity contribution in [2.24, 2.45) is 0 Å². The fourth-order valence-corrected chi connectivity index (χ4v) is 3.83. The van der Waals surface area contributed by atoms with Crippen molar-refractivity contribution >= 4 is 9.84 Å². The van der Waals surface area contributed by atoms with Gasteiger partial charge in [-0.25, -0.2) is 8.42 Å². The molecule has 5 heteroatoms. The lowest BCUT2D eigenvalue weighted by Crippen LogP contribution is -2.14. The number of nitrogens with one attached hydrogen (secondary N) is 1. The Balaban J connectivity index is 1.71. The van der Waals surface area contributed by atoms with Crippen LogP contribution in [0.2, 0.25) is 0 Å². The minimum atomic E-state index is -3.36. The molecular formula is C16H19NO3S. The van der Waals surface area contributed by atoms with Crippen LogP contribution in [0.25, 0.3) is 0 Å². The SMILES string of the molecule is Cc1ccccc1S(=O)(=O)Cc1ccc(CNC2CC2)o1. The molecule has 2 aromatic rings. The maximum Gasteiger partial charge on any atom is 0.185 e. The minimum Gasteiger partial charge on any atom is -0.464 e. The summed E-state index contributed by atoms with van der Waals surface area (Å²) in [6, 6.07) is 11.2. The highest BCUT2D eigenvalue weighted by Crippen LogP contribution is 2.22. The molecule has 0 saturated heterocycles. The Bertz CT molecular complexity index is 729. The van der Waals surface area contributed by atoms with E-state index in [0.717, 1.165) is 11.3 Å². The molecular weight excluding hydrogens is 286 g/mol. The van der Waals surface area contributed by atoms with E-state index < -0.39 is 9.84 Å². The molecule has 0 aliphatic heterocycles. The smallest absolute Gasteiger partial charge is 0.185 e. The molecule has 0 radical (unpaired) electrons. The van der Waals surface area contributed by atoms with Gasteiger partial charge in [0.2, 0.25) is 0 Å². The van der Waals surface area contributed by atoms with Gasteiger partial charge in [0.25, 0.3) is 0 Å². The maximum absolute atomic E-state index is 12.4. The predicted molar refractivity (Wildman–Crippen MR) is 80.6 cm³/mol. The van der Waals surface area contributed by atoms with Crippen LogP contribution in [-0.4, -0.2) is 14.5 Å². The summed E-state index contributed by atoms with van der Waals surface area (Å²) in [5.74, 6) is 1.18. The fourth-order valence-electron chi connectivity index (χ4n) is 2.30. The highest BCUT2D eigenvalue weighted by Gasteiger charge is 2.22. The van der Waals surface area contributed by atoms with E-state index in [1.54, 1.807) is 31.2 Å². The number of benzene rings is 1. The predicted octanol–water partition coefficient (Wildman–Crippen LogP) is 2.81. The first-order valence-electron chi connectivity index (χ1n) is 7.14. The maximum atomic E-state index is 12.4. The van der Waals surface area contributed by atoms with Crippen molar-refractivity contribution < 1.29 is 12.8 Å². The van der Waals surface area contributed by atoms with Gasteiger partial charge in [0.1, 0.15) is 17.3 Å². The number of furan rings is 1. The molecule has 1 aromatic carbocycles. The Morgan fingerprint density at radius 3 is 2.57 bits per heavy atom. The highest BCUT2D eigenvalue weighted by molar-refractivity contribution is 7.90. The summed E-state index contributed by atoms with van der Waals surface area (Å²) in [5, 5.41) is 3.35. The Hall–Kier alpha value is -1.59. The van der Waals surface area contributed by atoms with Crippen molar-refractivity contribution in [1.29, 1.82) is 0 Å². The molecule has 1 aromatic heterocycles. The van der Waals surface area contributed by atoms with Crippen LogP contribution in [0, 0.1) is 6.92 Å². The first kappa shape index (κ1) is 14.4. The summed E-state index contributed by atoms with van der Waals surface area (Å²) in [4.78, 5) is 0.374. The monoisotopic (exact) mass is 305 g/mol. The molecule has 1 aliphatic carbocycles. The minimum absolute atomic E-state index is 0.0960. The van der Waals surface area contributed by atoms with Gasteiger partial charge in [0, 0.05) is 6.04 Å². The molecule has 4 nitrogen and oxygen atoms in total. The third-order valence-corrected chi connectivity index (χ3v) is 5.41. The zero-order chi connectivity index (χ0) is 14.9. The third-order valence-electron chi connectivity index (χ3n) is 3.62. The summed E-state index contributed by atoms with van der Waals surface area (Å²) < 4.78 is 30.5. The molecule has 1 saturated carbocycles. The zero-order valence-electron chi connectivity index (χ0n) is 12.0. The van der Waals surface area contributed by atoms with Crippen LogP contribution in [0.3, 0.4) is 0 Å². The molecule has 1 aliphatic rings. The second-order valence-electron chi connectivity index (χ2n) is 5.55. The van der Waals surface area contributed by atoms with Crippen molar-refractivity contribution in [3.8, 4) is 0 Å². The lowest BCUT2D eigenvalue weighted by atomic mass is 10.2. The first-order chi connectivity index (χ1) is 10.0. The molecule has 0 atom stereocenters. The van der Waals surface area contributed by atoms with Crippen molar-refractivity contribution in [2.75, 3.05) is 0 Å². The van der Waals surface area contributed by atoms with Crippen molar-refractivity contribution in [2.45, 2.75) is 43.0 Å². The standard InChI is InChI=1S/C16H19NO3S/c1-12-4-2-3-5-16(12)21(18,19)11-15-9-8-14(20-15)10-17-13-6-7-13/h2-5,8-9,13,17H,6-7,10-11H2,1H3. The molecule has 21 heavy (non-hydrogen) atoms. The molecule has 0 amide bonds. The van der Waals surface area contributed by atoms with Gasteiger partial charge in [-0.05, 0) is 43.5 Å². The van der Waals surface area contributed by atoms with Crippen LogP contribution in [0.4, 0.5) is 0 Å². The van der Waals surface area contributed by atoms with Crippen molar-refractivity contribution in [3.05, 3.63) is 53.5 Å². The first-order valence-corrected chi connectivity index (χ1v) is 8.79. The van der Waals surface area contributed by atoms with E-state index in [2.05, 4.69) is 5.32 Å². The summed E-state index contributed by atoms with van der Waals surface area (Å²) in [5.41, 5.74) is 0.764. The number of hydrogen-bond donors (Lipinski definition) is 1. The van der Waals surface area contributed by atoms with E-state index >= 15 is 0 Å². The molecule has 0 spiro atoms. The second kappa shape index (κ2) is 5.66. The Morgan fingerprint density at radius 1 is 1.14 bits per heavy atom. The number of hydrogen-bond acceptors (Lipinski definition) is 4. The van der Waals surface area contributed by atoms with Crippen LogP contribution >= 0.6 is 0 Å². The lowest BCUT2D eigenvalue weighted by Gasteiger charge is -2.06. The summed E-state index contributed by atoms with van der Waals surface area (Å²) in [6.07, 6.45) is 2.43. The average molecular weight is 305 g/mol. The van der Waals surface area contributed by atoms with Gasteiger partial charge in [0.15, 0.2) is 9.84 Å². The third kappa shape index (κ3) is 3.54. The van der Waals surface area contributed by atoms with Gasteiger partial charge in [-0.2, -0.15) is 0 Å². The molecule has 112 valence electrons. The van der Waals surface area contributed by atoms with Crippen LogP contribution in [0.5, 0.6) is 0 Å². The topological polar surface area (TPSA) is 59.3 Å². The van der Waals surface area contributed by atoms with Crippen molar-refractivity contribution in [1.82, 2.24) is 5.32 Å². The van der Waals surface area contributed by atoms with Gasteiger partial charge in [0.05, 0.1) is 11.4 Å². The van der Waals surface area contributed by atoms with Crippen molar-refractivity contribution in [3.63, 3.8) is 0 Å². The summed E-state index contributed by atoms with van der Waals surface area (Å²) in [7, 11) is -3.36. The van der Waals surface area contributed by atoms with E-state index in [0.29, 0.717) is 23.2 Å². The van der Waals surface area contributed by atoms with E-state index in [1.165, 1.54) is 12.8 Å². The zero-order valence-corrected chi connectivity index (χ0v) is 12.8. The molecule has 0 bridgehead atoms. The second-order valence-corrected chi connectivity index (χ2v) is 7.51. The van der Waals surface area contributed by atoms with Crippen LogP contribution in [0.15, 0.2) is 45.7 Å².